The summed E-state index contributed by atoms with van der Waals surface area (Å²) >= 11 is 9.80. The Morgan fingerprint density at radius 3 is 2.79 bits per heavy atom. The van der Waals surface area contributed by atoms with Crippen molar-refractivity contribution in [3.05, 3.63) is 50.7 Å². The molecule has 0 aliphatic carbocycles. The van der Waals surface area contributed by atoms with Crippen molar-refractivity contribution in [2.75, 3.05) is 7.05 Å². The maximum Gasteiger partial charge on any atom is 0.0757 e. The molecule has 0 bridgehead atoms. The van der Waals surface area contributed by atoms with Crippen LogP contribution < -0.4 is 5.32 Å². The number of hydrogen-bond donors (Lipinski definition) is 1. The quantitative estimate of drug-likeness (QED) is 0.912. The average Bonchev–Trinajstić information content (AvgIpc) is 2.76. The third-order valence-electron chi connectivity index (χ3n) is 3.22. The van der Waals surface area contributed by atoms with E-state index in [9.17, 15) is 0 Å². The highest BCUT2D eigenvalue weighted by Crippen LogP contribution is 2.30. The molecular formula is C14H17BrClN3. The monoisotopic (exact) mass is 341 g/mol. The highest BCUT2D eigenvalue weighted by Gasteiger charge is 2.20. The van der Waals surface area contributed by atoms with Gasteiger partial charge in [0, 0.05) is 11.6 Å². The molecule has 1 N–H and O–H groups in total. The van der Waals surface area contributed by atoms with Crippen molar-refractivity contribution >= 4 is 27.5 Å². The molecule has 2 rings (SSSR count). The van der Waals surface area contributed by atoms with Gasteiger partial charge in [-0.1, -0.05) is 23.7 Å². The van der Waals surface area contributed by atoms with E-state index in [0.717, 1.165) is 32.9 Å². The molecule has 0 aliphatic heterocycles. The fourth-order valence-corrected chi connectivity index (χ4v) is 2.87. The van der Waals surface area contributed by atoms with Gasteiger partial charge >= 0.3 is 0 Å². The summed E-state index contributed by atoms with van der Waals surface area (Å²) in [5.41, 5.74) is 3.34. The Morgan fingerprint density at radius 2 is 2.21 bits per heavy atom. The smallest absolute Gasteiger partial charge is 0.0757 e. The Balaban J connectivity index is 2.49. The minimum absolute atomic E-state index is 0.0647. The standard InChI is InChI=1S/C14H17BrClN3/c1-4-19-14(11(15)8-18-19)13(17-3)10-6-5-9(2)12(16)7-10/h5-8,13,17H,4H2,1-3H3. The van der Waals surface area contributed by atoms with Crippen molar-refractivity contribution < 1.29 is 0 Å². The van der Waals surface area contributed by atoms with Crippen LogP contribution in [0.5, 0.6) is 0 Å². The summed E-state index contributed by atoms with van der Waals surface area (Å²) in [5, 5.41) is 8.49. The number of aryl methyl sites for hydroxylation is 2. The summed E-state index contributed by atoms with van der Waals surface area (Å²) in [5.74, 6) is 0. The molecule has 102 valence electrons. The molecule has 0 spiro atoms. The molecule has 19 heavy (non-hydrogen) atoms. The molecule has 1 aromatic carbocycles. The molecule has 0 saturated heterocycles. The third kappa shape index (κ3) is 2.86. The summed E-state index contributed by atoms with van der Waals surface area (Å²) in [6, 6.07) is 6.22. The van der Waals surface area contributed by atoms with Gasteiger partial charge in [-0.2, -0.15) is 5.10 Å². The topological polar surface area (TPSA) is 29.9 Å². The van der Waals surface area contributed by atoms with Crippen molar-refractivity contribution in [2.45, 2.75) is 26.4 Å². The summed E-state index contributed by atoms with van der Waals surface area (Å²) in [6.45, 7) is 4.92. The maximum atomic E-state index is 6.23. The van der Waals surface area contributed by atoms with E-state index in [1.54, 1.807) is 0 Å². The number of nitrogens with one attached hydrogen (secondary N) is 1. The number of nitrogens with zero attached hydrogens (tertiary/aromatic N) is 2. The molecular weight excluding hydrogens is 326 g/mol. The van der Waals surface area contributed by atoms with E-state index in [2.05, 4.69) is 39.3 Å². The Labute approximate surface area is 127 Å². The lowest BCUT2D eigenvalue weighted by Crippen LogP contribution is -2.22. The molecule has 0 saturated carbocycles. The first-order chi connectivity index (χ1) is 9.08. The zero-order chi connectivity index (χ0) is 14.0. The molecule has 5 heteroatoms. The molecule has 0 amide bonds. The maximum absolute atomic E-state index is 6.23. The van der Waals surface area contributed by atoms with E-state index in [4.69, 9.17) is 11.6 Å². The van der Waals surface area contributed by atoms with Crippen LogP contribution in [-0.4, -0.2) is 16.8 Å². The summed E-state index contributed by atoms with van der Waals surface area (Å²) in [4.78, 5) is 0. The molecule has 1 heterocycles. The van der Waals surface area contributed by atoms with E-state index < -0.39 is 0 Å². The van der Waals surface area contributed by atoms with Crippen LogP contribution in [-0.2, 0) is 6.54 Å². The second-order valence-corrected chi connectivity index (χ2v) is 5.69. The molecule has 1 unspecified atom stereocenters. The van der Waals surface area contributed by atoms with Crippen LogP contribution in [0.3, 0.4) is 0 Å². The van der Waals surface area contributed by atoms with Crippen molar-refractivity contribution in [3.63, 3.8) is 0 Å². The van der Waals surface area contributed by atoms with Gasteiger partial charge in [-0.15, -0.1) is 0 Å². The molecule has 0 aliphatic rings. The van der Waals surface area contributed by atoms with E-state index >= 15 is 0 Å². The Morgan fingerprint density at radius 1 is 1.47 bits per heavy atom. The molecule has 2 aromatic rings. The Bertz CT molecular complexity index is 580. The lowest BCUT2D eigenvalue weighted by atomic mass is 10.0. The third-order valence-corrected chi connectivity index (χ3v) is 4.24. The number of benzene rings is 1. The van der Waals surface area contributed by atoms with Gasteiger partial charge in [-0.05, 0) is 54.0 Å². The van der Waals surface area contributed by atoms with E-state index in [-0.39, 0.29) is 6.04 Å². The van der Waals surface area contributed by atoms with Gasteiger partial charge in [0.2, 0.25) is 0 Å². The zero-order valence-corrected chi connectivity index (χ0v) is 13.6. The van der Waals surface area contributed by atoms with Gasteiger partial charge in [0.15, 0.2) is 0 Å². The van der Waals surface area contributed by atoms with Gasteiger partial charge in [0.25, 0.3) is 0 Å². The van der Waals surface area contributed by atoms with Gasteiger partial charge < -0.3 is 5.32 Å². The lowest BCUT2D eigenvalue weighted by molar-refractivity contribution is 0.561. The lowest BCUT2D eigenvalue weighted by Gasteiger charge is -2.19. The predicted molar refractivity (Wildman–Crippen MR) is 82.7 cm³/mol. The van der Waals surface area contributed by atoms with Gasteiger partial charge in [0.1, 0.15) is 0 Å². The van der Waals surface area contributed by atoms with Crippen LogP contribution in [0.4, 0.5) is 0 Å². The van der Waals surface area contributed by atoms with Gasteiger partial charge in [-0.3, -0.25) is 4.68 Å². The summed E-state index contributed by atoms with van der Waals surface area (Å²) in [7, 11) is 1.94. The first kappa shape index (κ1) is 14.6. The SMILES string of the molecule is CCn1ncc(Br)c1C(NC)c1ccc(C)c(Cl)c1. The van der Waals surface area contributed by atoms with Crippen molar-refractivity contribution in [1.82, 2.24) is 15.1 Å². The fraction of sp³-hybridized carbons (Fsp3) is 0.357. The second-order valence-electron chi connectivity index (χ2n) is 4.42. The highest BCUT2D eigenvalue weighted by atomic mass is 79.9. The van der Waals surface area contributed by atoms with Crippen molar-refractivity contribution in [1.29, 1.82) is 0 Å². The first-order valence-corrected chi connectivity index (χ1v) is 7.40. The molecule has 1 atom stereocenters. The summed E-state index contributed by atoms with van der Waals surface area (Å²) in [6.07, 6.45) is 1.83. The van der Waals surface area contributed by atoms with Gasteiger partial charge in [0.05, 0.1) is 22.4 Å². The second kappa shape index (κ2) is 6.07. The fourth-order valence-electron chi connectivity index (χ4n) is 2.16. The first-order valence-electron chi connectivity index (χ1n) is 6.23. The normalized spacial score (nSPS) is 12.7. The summed E-state index contributed by atoms with van der Waals surface area (Å²) < 4.78 is 2.99. The van der Waals surface area contributed by atoms with E-state index in [1.807, 2.05) is 37.0 Å². The number of aromatic nitrogens is 2. The predicted octanol–water partition coefficient (Wildman–Crippen LogP) is 3.94. The van der Waals surface area contributed by atoms with Crippen LogP contribution >= 0.6 is 27.5 Å². The molecule has 3 nitrogen and oxygen atoms in total. The molecule has 0 radical (unpaired) electrons. The molecule has 0 fully saturated rings. The van der Waals surface area contributed by atoms with Crippen molar-refractivity contribution in [3.8, 4) is 0 Å². The van der Waals surface area contributed by atoms with Crippen LogP contribution in [0, 0.1) is 6.92 Å². The Hall–Kier alpha value is -0.840. The van der Waals surface area contributed by atoms with Crippen LogP contribution in [0.15, 0.2) is 28.9 Å². The largest absolute Gasteiger partial charge is 0.308 e. The Kier molecular flexibility index (Phi) is 4.66. The van der Waals surface area contributed by atoms with Crippen molar-refractivity contribution in [2.24, 2.45) is 0 Å². The zero-order valence-electron chi connectivity index (χ0n) is 11.2. The number of rotatable bonds is 4. The minimum atomic E-state index is 0.0647. The number of hydrogen-bond acceptors (Lipinski definition) is 2. The van der Waals surface area contributed by atoms with Crippen LogP contribution in [0.25, 0.3) is 0 Å². The minimum Gasteiger partial charge on any atom is -0.308 e. The van der Waals surface area contributed by atoms with Gasteiger partial charge in [-0.25, -0.2) is 0 Å². The highest BCUT2D eigenvalue weighted by molar-refractivity contribution is 9.10. The average molecular weight is 343 g/mol. The van der Waals surface area contributed by atoms with Crippen LogP contribution in [0.1, 0.15) is 29.8 Å². The molecule has 1 aromatic heterocycles. The van der Waals surface area contributed by atoms with Crippen LogP contribution in [0.2, 0.25) is 5.02 Å². The van der Waals surface area contributed by atoms with E-state index in [0.29, 0.717) is 0 Å². The number of halogens is 2. The van der Waals surface area contributed by atoms with E-state index in [1.165, 1.54) is 0 Å².